The molecule has 2 aromatic heterocycles. The van der Waals surface area contributed by atoms with E-state index in [1.807, 2.05) is 5.38 Å². The molecule has 0 atom stereocenters. The summed E-state index contributed by atoms with van der Waals surface area (Å²) in [5.74, 6) is 0.509. The third-order valence-electron chi connectivity index (χ3n) is 3.20. The number of aromatic nitrogens is 4. The molecule has 3 rings (SSSR count). The van der Waals surface area contributed by atoms with Crippen LogP contribution in [0.2, 0.25) is 0 Å². The summed E-state index contributed by atoms with van der Waals surface area (Å²) in [6, 6.07) is 4.92. The van der Waals surface area contributed by atoms with E-state index in [0.717, 1.165) is 17.8 Å². The van der Waals surface area contributed by atoms with Gasteiger partial charge >= 0.3 is 11.9 Å². The number of rotatable bonds is 4. The highest BCUT2D eigenvalue weighted by Gasteiger charge is 2.30. The lowest BCUT2D eigenvalue weighted by atomic mass is 10.1. The molecule has 0 fully saturated rings. The van der Waals surface area contributed by atoms with Crippen LogP contribution < -0.4 is 5.69 Å². The lowest BCUT2D eigenvalue weighted by molar-refractivity contribution is -0.137. The molecule has 1 aromatic carbocycles. The predicted molar refractivity (Wildman–Crippen MR) is 85.9 cm³/mol. The highest BCUT2D eigenvalue weighted by molar-refractivity contribution is 7.98. The Bertz CT molecular complexity index is 896. The third-order valence-corrected chi connectivity index (χ3v) is 5.20. The Morgan fingerprint density at radius 3 is 2.58 bits per heavy atom. The zero-order valence-corrected chi connectivity index (χ0v) is 13.9. The van der Waals surface area contributed by atoms with Crippen molar-refractivity contribution in [3.05, 3.63) is 51.4 Å². The number of nitrogens with zero attached hydrogens (tertiary/aromatic N) is 3. The largest absolute Gasteiger partial charge is 0.416 e. The number of alkyl halides is 3. The standard InChI is InChI=1S/C14H11F3N4OS2/c1-21-12(22)19-20-13(21)24-7-10-6-23-11(18-10)8-2-4-9(5-3-8)14(15,16)17/h2-6H,7H2,1H3,(H,19,22). The number of hydrogen-bond acceptors (Lipinski definition) is 5. The highest BCUT2D eigenvalue weighted by Crippen LogP contribution is 2.32. The quantitative estimate of drug-likeness (QED) is 0.712. The van der Waals surface area contributed by atoms with E-state index in [0.29, 0.717) is 21.5 Å². The van der Waals surface area contributed by atoms with Gasteiger partial charge in [-0.25, -0.2) is 14.9 Å². The molecule has 24 heavy (non-hydrogen) atoms. The maximum atomic E-state index is 12.6. The van der Waals surface area contributed by atoms with Gasteiger partial charge in [-0.3, -0.25) is 4.57 Å². The Labute approximate surface area is 142 Å². The second-order valence-corrected chi connectivity index (χ2v) is 6.68. The van der Waals surface area contributed by atoms with Gasteiger partial charge in [-0.05, 0) is 12.1 Å². The number of hydrogen-bond donors (Lipinski definition) is 1. The van der Waals surface area contributed by atoms with E-state index in [1.54, 1.807) is 7.05 Å². The number of H-pyrrole nitrogens is 1. The summed E-state index contributed by atoms with van der Waals surface area (Å²) in [5, 5.41) is 9.27. The molecule has 0 radical (unpaired) electrons. The van der Waals surface area contributed by atoms with Crippen molar-refractivity contribution in [2.24, 2.45) is 7.05 Å². The second kappa shape index (κ2) is 6.44. The number of halogens is 3. The molecule has 0 saturated heterocycles. The summed E-state index contributed by atoms with van der Waals surface area (Å²) < 4.78 is 39.1. The molecule has 0 bridgehead atoms. The van der Waals surface area contributed by atoms with Crippen LogP contribution in [0, 0.1) is 0 Å². The average molecular weight is 372 g/mol. The van der Waals surface area contributed by atoms with E-state index in [-0.39, 0.29) is 5.69 Å². The smallest absolute Gasteiger partial charge is 0.273 e. The molecule has 0 amide bonds. The van der Waals surface area contributed by atoms with Gasteiger partial charge in [-0.1, -0.05) is 23.9 Å². The summed E-state index contributed by atoms with van der Waals surface area (Å²) in [4.78, 5) is 15.7. The predicted octanol–water partition coefficient (Wildman–Crippen LogP) is 3.54. The Hall–Kier alpha value is -2.07. The SMILES string of the molecule is Cn1c(SCc2csc(-c3ccc(C(F)(F)F)cc3)n2)n[nH]c1=O. The van der Waals surface area contributed by atoms with Crippen LogP contribution in [0.4, 0.5) is 13.2 Å². The summed E-state index contributed by atoms with van der Waals surface area (Å²) in [7, 11) is 1.61. The van der Waals surface area contributed by atoms with Gasteiger partial charge in [0.25, 0.3) is 0 Å². The van der Waals surface area contributed by atoms with Gasteiger partial charge in [0.1, 0.15) is 5.01 Å². The van der Waals surface area contributed by atoms with Crippen molar-refractivity contribution in [2.75, 3.05) is 0 Å². The minimum atomic E-state index is -4.34. The van der Waals surface area contributed by atoms with Crippen LogP contribution in [0.3, 0.4) is 0 Å². The Balaban J connectivity index is 1.71. The zero-order chi connectivity index (χ0) is 17.3. The van der Waals surface area contributed by atoms with E-state index >= 15 is 0 Å². The molecule has 0 unspecified atom stereocenters. The van der Waals surface area contributed by atoms with E-state index in [9.17, 15) is 18.0 Å². The van der Waals surface area contributed by atoms with Crippen LogP contribution in [-0.2, 0) is 19.0 Å². The van der Waals surface area contributed by atoms with Crippen molar-refractivity contribution in [2.45, 2.75) is 17.1 Å². The molecule has 0 aliphatic carbocycles. The van der Waals surface area contributed by atoms with Crippen LogP contribution in [0.25, 0.3) is 10.6 Å². The Kier molecular flexibility index (Phi) is 4.50. The number of aromatic amines is 1. The Morgan fingerprint density at radius 2 is 2.00 bits per heavy atom. The van der Waals surface area contributed by atoms with Crippen LogP contribution in [0.15, 0.2) is 39.6 Å². The number of thioether (sulfide) groups is 1. The monoisotopic (exact) mass is 372 g/mol. The van der Waals surface area contributed by atoms with Crippen molar-refractivity contribution in [1.82, 2.24) is 19.7 Å². The van der Waals surface area contributed by atoms with Gasteiger partial charge in [0.2, 0.25) is 0 Å². The number of nitrogens with one attached hydrogen (secondary N) is 1. The number of benzene rings is 1. The highest BCUT2D eigenvalue weighted by atomic mass is 32.2. The average Bonchev–Trinajstić information content (AvgIpc) is 3.13. The summed E-state index contributed by atoms with van der Waals surface area (Å²) in [6.07, 6.45) is -4.34. The molecule has 3 aromatic rings. The fourth-order valence-electron chi connectivity index (χ4n) is 1.91. The van der Waals surface area contributed by atoms with E-state index in [1.165, 1.54) is 39.8 Å². The van der Waals surface area contributed by atoms with Gasteiger partial charge in [0.05, 0.1) is 11.3 Å². The lowest BCUT2D eigenvalue weighted by Crippen LogP contribution is -2.12. The zero-order valence-electron chi connectivity index (χ0n) is 12.3. The van der Waals surface area contributed by atoms with Crippen LogP contribution in [0.1, 0.15) is 11.3 Å². The van der Waals surface area contributed by atoms with Gasteiger partial charge < -0.3 is 0 Å². The minimum absolute atomic E-state index is 0.291. The molecule has 0 aliphatic heterocycles. The summed E-state index contributed by atoms with van der Waals surface area (Å²) >= 11 is 2.71. The van der Waals surface area contributed by atoms with Crippen molar-refractivity contribution in [3.8, 4) is 10.6 Å². The molecule has 0 aliphatic rings. The first-order valence-electron chi connectivity index (χ1n) is 6.71. The first-order valence-corrected chi connectivity index (χ1v) is 8.57. The van der Waals surface area contributed by atoms with Gasteiger partial charge in [-0.15, -0.1) is 16.4 Å². The Morgan fingerprint density at radius 1 is 1.29 bits per heavy atom. The first kappa shape index (κ1) is 16.8. The lowest BCUT2D eigenvalue weighted by Gasteiger charge is -2.06. The number of thiazole rings is 1. The maximum Gasteiger partial charge on any atom is 0.416 e. The van der Waals surface area contributed by atoms with Crippen LogP contribution >= 0.6 is 23.1 Å². The second-order valence-electron chi connectivity index (χ2n) is 4.88. The molecule has 5 nitrogen and oxygen atoms in total. The van der Waals surface area contributed by atoms with Crippen LogP contribution in [-0.4, -0.2) is 19.7 Å². The summed E-state index contributed by atoms with van der Waals surface area (Å²) in [6.45, 7) is 0. The fourth-order valence-corrected chi connectivity index (χ4v) is 3.65. The van der Waals surface area contributed by atoms with Gasteiger partial charge in [0.15, 0.2) is 5.16 Å². The van der Waals surface area contributed by atoms with Gasteiger partial charge in [-0.2, -0.15) is 13.2 Å². The fraction of sp³-hybridized carbons (Fsp3) is 0.214. The van der Waals surface area contributed by atoms with E-state index in [2.05, 4.69) is 15.2 Å². The first-order chi connectivity index (χ1) is 11.3. The summed E-state index contributed by atoms with van der Waals surface area (Å²) in [5.41, 5.74) is 0.436. The molecular formula is C14H11F3N4OS2. The molecule has 10 heteroatoms. The topological polar surface area (TPSA) is 63.6 Å². The molecular weight excluding hydrogens is 361 g/mol. The van der Waals surface area contributed by atoms with Gasteiger partial charge in [0, 0.05) is 23.7 Å². The van der Waals surface area contributed by atoms with Crippen molar-refractivity contribution in [3.63, 3.8) is 0 Å². The van der Waals surface area contributed by atoms with Crippen molar-refractivity contribution < 1.29 is 13.2 Å². The molecule has 0 saturated carbocycles. The molecule has 2 heterocycles. The van der Waals surface area contributed by atoms with Crippen molar-refractivity contribution in [1.29, 1.82) is 0 Å². The molecule has 126 valence electrons. The normalized spacial score (nSPS) is 11.8. The van der Waals surface area contributed by atoms with Crippen molar-refractivity contribution >= 4 is 23.1 Å². The maximum absolute atomic E-state index is 12.6. The molecule has 0 spiro atoms. The molecule has 1 N–H and O–H groups in total. The minimum Gasteiger partial charge on any atom is -0.273 e. The van der Waals surface area contributed by atoms with Crippen LogP contribution in [0.5, 0.6) is 0 Å². The van der Waals surface area contributed by atoms with E-state index in [4.69, 9.17) is 0 Å². The van der Waals surface area contributed by atoms with E-state index < -0.39 is 11.7 Å². The third kappa shape index (κ3) is 3.54.